The number of aliphatic carboxylic acids is 1. The predicted octanol–water partition coefficient (Wildman–Crippen LogP) is 1.74. The number of carboxylic acid groups (broad SMARTS) is 1. The Morgan fingerprint density at radius 1 is 1.03 bits per heavy atom. The van der Waals surface area contributed by atoms with Crippen LogP contribution < -0.4 is 10.6 Å². The number of hydrogen-bond donors (Lipinski definition) is 3. The molecule has 0 bridgehead atoms. The molecule has 1 unspecified atom stereocenters. The van der Waals surface area contributed by atoms with Crippen molar-refractivity contribution in [3.63, 3.8) is 0 Å². The number of rotatable bonds is 8. The summed E-state index contributed by atoms with van der Waals surface area (Å²) in [7, 11) is 1.33. The van der Waals surface area contributed by atoms with E-state index in [1.807, 2.05) is 48.5 Å². The molecule has 2 aromatic rings. The van der Waals surface area contributed by atoms with Crippen molar-refractivity contribution in [2.75, 3.05) is 26.9 Å². The number of carbonyl (C=O) groups excluding carboxylic acids is 2. The molecule has 2 amide bonds. The number of hydrogen-bond acceptors (Lipinski definition) is 5. The molecule has 0 saturated carbocycles. The second-order valence-corrected chi connectivity index (χ2v) is 6.59. The van der Waals surface area contributed by atoms with Gasteiger partial charge < -0.3 is 25.2 Å². The van der Waals surface area contributed by atoms with Crippen LogP contribution in [0, 0.1) is 0 Å². The largest absolute Gasteiger partial charge is 0.480 e. The number of nitrogens with one attached hydrogen (secondary N) is 2. The summed E-state index contributed by atoms with van der Waals surface area (Å²) >= 11 is 0. The van der Waals surface area contributed by atoms with Crippen LogP contribution in [0.5, 0.6) is 0 Å². The number of amides is 2. The zero-order chi connectivity index (χ0) is 20.8. The van der Waals surface area contributed by atoms with Gasteiger partial charge in [-0.2, -0.15) is 0 Å². The molecule has 0 aromatic heterocycles. The number of benzene rings is 2. The third-order valence-corrected chi connectivity index (χ3v) is 4.70. The molecule has 0 saturated heterocycles. The van der Waals surface area contributed by atoms with Gasteiger partial charge in [0.05, 0.1) is 6.61 Å². The van der Waals surface area contributed by atoms with E-state index in [1.54, 1.807) is 0 Å². The van der Waals surface area contributed by atoms with Crippen LogP contribution in [-0.2, 0) is 19.1 Å². The Morgan fingerprint density at radius 3 is 2.17 bits per heavy atom. The fourth-order valence-corrected chi connectivity index (χ4v) is 3.39. The Bertz CT molecular complexity index is 868. The molecule has 1 atom stereocenters. The normalized spacial score (nSPS) is 13.1. The van der Waals surface area contributed by atoms with Crippen LogP contribution in [0.4, 0.5) is 4.79 Å². The second kappa shape index (κ2) is 9.20. The minimum Gasteiger partial charge on any atom is -0.480 e. The van der Waals surface area contributed by atoms with Gasteiger partial charge in [-0.3, -0.25) is 4.79 Å². The number of alkyl carbamates (subject to hydrolysis) is 1. The van der Waals surface area contributed by atoms with Crippen LogP contribution in [0.2, 0.25) is 0 Å². The highest BCUT2D eigenvalue weighted by molar-refractivity contribution is 5.86. The molecule has 8 nitrogen and oxygen atoms in total. The quantitative estimate of drug-likeness (QED) is 0.624. The first-order chi connectivity index (χ1) is 14.0. The fourth-order valence-electron chi connectivity index (χ4n) is 3.39. The molecule has 8 heteroatoms. The highest BCUT2D eigenvalue weighted by Gasteiger charge is 2.29. The van der Waals surface area contributed by atoms with Crippen molar-refractivity contribution in [2.24, 2.45) is 0 Å². The van der Waals surface area contributed by atoms with Crippen LogP contribution in [0.25, 0.3) is 11.1 Å². The second-order valence-electron chi connectivity index (χ2n) is 6.59. The zero-order valence-electron chi connectivity index (χ0n) is 15.9. The smallest absolute Gasteiger partial charge is 0.407 e. The van der Waals surface area contributed by atoms with Crippen LogP contribution >= 0.6 is 0 Å². The summed E-state index contributed by atoms with van der Waals surface area (Å²) < 4.78 is 10.1. The molecule has 0 radical (unpaired) electrons. The highest BCUT2D eigenvalue weighted by atomic mass is 16.5. The maximum absolute atomic E-state index is 12.0. The van der Waals surface area contributed by atoms with Crippen LogP contribution in [-0.4, -0.2) is 56.0 Å². The number of fused-ring (bicyclic) bond motifs is 3. The van der Waals surface area contributed by atoms with E-state index in [1.165, 1.54) is 7.11 Å². The van der Waals surface area contributed by atoms with Crippen LogP contribution in [0.3, 0.4) is 0 Å². The lowest BCUT2D eigenvalue weighted by molar-refractivity contribution is -0.143. The van der Waals surface area contributed by atoms with E-state index in [-0.39, 0.29) is 19.1 Å². The first-order valence-electron chi connectivity index (χ1n) is 9.11. The van der Waals surface area contributed by atoms with Gasteiger partial charge >= 0.3 is 12.1 Å². The molecule has 29 heavy (non-hydrogen) atoms. The van der Waals surface area contributed by atoms with E-state index in [2.05, 4.69) is 10.6 Å². The summed E-state index contributed by atoms with van der Waals surface area (Å²) in [5.41, 5.74) is 4.41. The van der Waals surface area contributed by atoms with E-state index in [9.17, 15) is 14.4 Å². The molecule has 0 aliphatic heterocycles. The summed E-state index contributed by atoms with van der Waals surface area (Å²) in [6, 6.07) is 14.7. The molecule has 1 aliphatic carbocycles. The molecule has 3 N–H and O–H groups in total. The lowest BCUT2D eigenvalue weighted by Crippen LogP contribution is -2.47. The molecular formula is C21H22N2O6. The SMILES string of the molecule is COCC(NC(=O)CNC(=O)OCC1c2ccccc2-c2ccccc21)C(=O)O. The third-order valence-electron chi connectivity index (χ3n) is 4.70. The van der Waals surface area contributed by atoms with Gasteiger partial charge in [0.25, 0.3) is 0 Å². The first-order valence-corrected chi connectivity index (χ1v) is 9.11. The maximum Gasteiger partial charge on any atom is 0.407 e. The Labute approximate surface area is 167 Å². The van der Waals surface area contributed by atoms with Crippen molar-refractivity contribution in [3.05, 3.63) is 59.7 Å². The minimum atomic E-state index is -1.22. The van der Waals surface area contributed by atoms with Gasteiger partial charge in [0.15, 0.2) is 6.04 Å². The number of ether oxygens (including phenoxy) is 2. The highest BCUT2D eigenvalue weighted by Crippen LogP contribution is 2.44. The number of carbonyl (C=O) groups is 3. The lowest BCUT2D eigenvalue weighted by atomic mass is 9.98. The Hall–Kier alpha value is -3.39. The van der Waals surface area contributed by atoms with Crippen molar-refractivity contribution in [1.29, 1.82) is 0 Å². The van der Waals surface area contributed by atoms with Crippen molar-refractivity contribution >= 4 is 18.0 Å². The molecule has 3 rings (SSSR count). The Balaban J connectivity index is 1.54. The summed E-state index contributed by atoms with van der Waals surface area (Å²) in [5.74, 6) is -1.95. The van der Waals surface area contributed by atoms with E-state index >= 15 is 0 Å². The minimum absolute atomic E-state index is 0.0833. The molecule has 0 fully saturated rings. The summed E-state index contributed by atoms with van der Waals surface area (Å²) in [6.45, 7) is -0.445. The first kappa shape index (κ1) is 20.3. The topological polar surface area (TPSA) is 114 Å². The predicted molar refractivity (Wildman–Crippen MR) is 105 cm³/mol. The van der Waals surface area contributed by atoms with Crippen molar-refractivity contribution < 1.29 is 29.0 Å². The van der Waals surface area contributed by atoms with Gasteiger partial charge in [-0.1, -0.05) is 48.5 Å². The summed E-state index contributed by atoms with van der Waals surface area (Å²) in [5, 5.41) is 13.6. The van der Waals surface area contributed by atoms with Crippen molar-refractivity contribution in [1.82, 2.24) is 10.6 Å². The Morgan fingerprint density at radius 2 is 1.62 bits per heavy atom. The molecule has 0 spiro atoms. The van der Waals surface area contributed by atoms with Crippen LogP contribution in [0.1, 0.15) is 17.0 Å². The number of methoxy groups -OCH3 is 1. The van der Waals surface area contributed by atoms with Gasteiger partial charge in [-0.25, -0.2) is 9.59 Å². The Kier molecular flexibility index (Phi) is 6.46. The average Bonchev–Trinajstić information content (AvgIpc) is 3.04. The number of carboxylic acids is 1. The molecule has 152 valence electrons. The molecular weight excluding hydrogens is 376 g/mol. The van der Waals surface area contributed by atoms with Gasteiger partial charge in [-0.15, -0.1) is 0 Å². The average molecular weight is 398 g/mol. The van der Waals surface area contributed by atoms with Crippen molar-refractivity contribution in [3.8, 4) is 11.1 Å². The van der Waals surface area contributed by atoms with Gasteiger partial charge in [0.1, 0.15) is 13.2 Å². The van der Waals surface area contributed by atoms with E-state index < -0.39 is 30.6 Å². The van der Waals surface area contributed by atoms with Crippen LogP contribution in [0.15, 0.2) is 48.5 Å². The lowest BCUT2D eigenvalue weighted by Gasteiger charge is -2.15. The van der Waals surface area contributed by atoms with Gasteiger partial charge in [0.2, 0.25) is 5.91 Å². The standard InChI is InChI=1S/C21H22N2O6/c1-28-12-18(20(25)26)23-19(24)10-22-21(27)29-11-17-15-8-4-2-6-13(15)14-7-3-5-9-16(14)17/h2-9,17-18H,10-12H2,1H3,(H,22,27)(H,23,24)(H,25,26). The molecule has 2 aromatic carbocycles. The maximum atomic E-state index is 12.0. The van der Waals surface area contributed by atoms with E-state index in [4.69, 9.17) is 14.6 Å². The monoisotopic (exact) mass is 398 g/mol. The molecule has 1 aliphatic rings. The molecule has 0 heterocycles. The summed E-state index contributed by atoms with van der Waals surface area (Å²) in [6.07, 6.45) is -0.749. The van der Waals surface area contributed by atoms with Gasteiger partial charge in [0, 0.05) is 13.0 Å². The zero-order valence-corrected chi connectivity index (χ0v) is 15.9. The fraction of sp³-hybridized carbons (Fsp3) is 0.286. The summed E-state index contributed by atoms with van der Waals surface area (Å²) in [4.78, 5) is 34.9. The van der Waals surface area contributed by atoms with E-state index in [0.717, 1.165) is 22.3 Å². The third kappa shape index (κ3) is 4.72. The van der Waals surface area contributed by atoms with E-state index in [0.29, 0.717) is 0 Å². The van der Waals surface area contributed by atoms with Crippen molar-refractivity contribution in [2.45, 2.75) is 12.0 Å². The van der Waals surface area contributed by atoms with Gasteiger partial charge in [-0.05, 0) is 22.3 Å².